The van der Waals surface area contributed by atoms with Gasteiger partial charge in [0.2, 0.25) is 11.8 Å². The Morgan fingerprint density at radius 2 is 1.79 bits per heavy atom. The lowest BCUT2D eigenvalue weighted by molar-refractivity contribution is -0.133. The molecular formula is C26H31FN4O2. The van der Waals surface area contributed by atoms with Crippen molar-refractivity contribution in [1.82, 2.24) is 20.1 Å². The molecule has 4 rings (SSSR count). The summed E-state index contributed by atoms with van der Waals surface area (Å²) in [6.45, 7) is 6.85. The number of amides is 2. The minimum atomic E-state index is -0.286. The molecule has 0 spiro atoms. The van der Waals surface area contributed by atoms with E-state index in [0.29, 0.717) is 45.6 Å². The van der Waals surface area contributed by atoms with E-state index in [-0.39, 0.29) is 23.7 Å². The first kappa shape index (κ1) is 23.0. The number of nitrogens with zero attached hydrogens (tertiary/aromatic N) is 2. The summed E-state index contributed by atoms with van der Waals surface area (Å²) in [6, 6.07) is 14.8. The molecule has 7 heteroatoms. The van der Waals surface area contributed by atoms with Gasteiger partial charge in [-0.3, -0.25) is 14.5 Å². The number of piperazine rings is 1. The van der Waals surface area contributed by atoms with Crippen molar-refractivity contribution in [1.29, 1.82) is 0 Å². The van der Waals surface area contributed by atoms with Crippen LogP contribution in [0, 0.1) is 5.82 Å². The summed E-state index contributed by atoms with van der Waals surface area (Å²) in [4.78, 5) is 32.3. The van der Waals surface area contributed by atoms with Crippen LogP contribution in [-0.2, 0) is 16.0 Å². The number of benzene rings is 2. The monoisotopic (exact) mass is 450 g/mol. The molecule has 2 amide bonds. The standard InChI is InChI=1S/C26H31FN4O2/c1-18(2)28-24(32)17-30-12-14-31(15-13-30)25(33)11-9-21-22-16-20(27)8-10-23(22)29-26(21)19-6-4-3-5-7-19/h3-8,10,16,18,29H,9,11-15,17H2,1-2H3,(H,28,32). The predicted octanol–water partition coefficient (Wildman–Crippen LogP) is 3.58. The summed E-state index contributed by atoms with van der Waals surface area (Å²) < 4.78 is 14.0. The molecule has 1 aliphatic rings. The zero-order valence-electron chi connectivity index (χ0n) is 19.2. The van der Waals surface area contributed by atoms with E-state index in [1.54, 1.807) is 12.1 Å². The predicted molar refractivity (Wildman–Crippen MR) is 128 cm³/mol. The van der Waals surface area contributed by atoms with Gasteiger partial charge in [0.25, 0.3) is 0 Å². The van der Waals surface area contributed by atoms with Gasteiger partial charge in [-0.1, -0.05) is 30.3 Å². The van der Waals surface area contributed by atoms with Crippen LogP contribution in [0.15, 0.2) is 48.5 Å². The number of halogens is 1. The number of carbonyl (C=O) groups is 2. The molecule has 0 unspecified atom stereocenters. The fraction of sp³-hybridized carbons (Fsp3) is 0.385. The number of fused-ring (bicyclic) bond motifs is 1. The van der Waals surface area contributed by atoms with Crippen molar-refractivity contribution in [3.63, 3.8) is 0 Å². The van der Waals surface area contributed by atoms with Gasteiger partial charge in [-0.05, 0) is 49.6 Å². The molecule has 0 atom stereocenters. The summed E-state index contributed by atoms with van der Waals surface area (Å²) >= 11 is 0. The first-order valence-electron chi connectivity index (χ1n) is 11.6. The molecule has 2 heterocycles. The van der Waals surface area contributed by atoms with Crippen LogP contribution in [0.3, 0.4) is 0 Å². The van der Waals surface area contributed by atoms with Crippen LogP contribution in [0.5, 0.6) is 0 Å². The van der Waals surface area contributed by atoms with Gasteiger partial charge in [-0.2, -0.15) is 0 Å². The van der Waals surface area contributed by atoms with Crippen molar-refractivity contribution < 1.29 is 14.0 Å². The molecule has 174 valence electrons. The van der Waals surface area contributed by atoms with Gasteiger partial charge >= 0.3 is 0 Å². The number of carbonyl (C=O) groups excluding carboxylic acids is 2. The molecule has 1 saturated heterocycles. The van der Waals surface area contributed by atoms with E-state index in [4.69, 9.17) is 0 Å². The zero-order chi connectivity index (χ0) is 23.4. The Morgan fingerprint density at radius 1 is 1.06 bits per heavy atom. The van der Waals surface area contributed by atoms with Crippen molar-refractivity contribution >= 4 is 22.7 Å². The molecule has 0 bridgehead atoms. The number of hydrogen-bond acceptors (Lipinski definition) is 3. The second kappa shape index (κ2) is 10.2. The lowest BCUT2D eigenvalue weighted by Gasteiger charge is -2.34. The number of rotatable bonds is 7. The van der Waals surface area contributed by atoms with Crippen molar-refractivity contribution in [3.8, 4) is 11.3 Å². The molecule has 2 N–H and O–H groups in total. The average Bonchev–Trinajstić information content (AvgIpc) is 3.15. The fourth-order valence-corrected chi connectivity index (χ4v) is 4.45. The minimum absolute atomic E-state index is 0.0183. The van der Waals surface area contributed by atoms with Gasteiger partial charge in [0.05, 0.1) is 6.54 Å². The average molecular weight is 451 g/mol. The third kappa shape index (κ3) is 5.60. The topological polar surface area (TPSA) is 68.4 Å². The first-order valence-corrected chi connectivity index (χ1v) is 11.6. The highest BCUT2D eigenvalue weighted by atomic mass is 19.1. The molecule has 0 saturated carbocycles. The van der Waals surface area contributed by atoms with E-state index in [1.807, 2.05) is 49.1 Å². The quantitative estimate of drug-likeness (QED) is 0.578. The minimum Gasteiger partial charge on any atom is -0.354 e. The molecule has 1 aliphatic heterocycles. The summed E-state index contributed by atoms with van der Waals surface area (Å²) in [6.07, 6.45) is 0.890. The zero-order valence-corrected chi connectivity index (χ0v) is 19.2. The molecule has 33 heavy (non-hydrogen) atoms. The van der Waals surface area contributed by atoms with Gasteiger partial charge < -0.3 is 15.2 Å². The van der Waals surface area contributed by atoms with Gasteiger partial charge in [0, 0.05) is 55.2 Å². The van der Waals surface area contributed by atoms with E-state index >= 15 is 0 Å². The Labute approximate surface area is 193 Å². The van der Waals surface area contributed by atoms with Crippen molar-refractivity contribution in [2.75, 3.05) is 32.7 Å². The normalized spacial score (nSPS) is 14.7. The molecule has 0 radical (unpaired) electrons. The first-order chi connectivity index (χ1) is 15.9. The number of aryl methyl sites for hydroxylation is 1. The molecular weight excluding hydrogens is 419 g/mol. The molecule has 1 fully saturated rings. The third-order valence-corrected chi connectivity index (χ3v) is 6.06. The Bertz CT molecular complexity index is 1120. The molecule has 6 nitrogen and oxygen atoms in total. The lowest BCUT2D eigenvalue weighted by atomic mass is 10.0. The Balaban J connectivity index is 1.41. The Morgan fingerprint density at radius 3 is 2.48 bits per heavy atom. The highest BCUT2D eigenvalue weighted by molar-refractivity contribution is 5.91. The number of aromatic nitrogens is 1. The Kier molecular flexibility index (Phi) is 7.08. The summed E-state index contributed by atoms with van der Waals surface area (Å²) in [5.74, 6) is -0.179. The SMILES string of the molecule is CC(C)NC(=O)CN1CCN(C(=O)CCc2c(-c3ccccc3)[nH]c3ccc(F)cc23)CC1. The molecule has 1 aromatic heterocycles. The smallest absolute Gasteiger partial charge is 0.234 e. The second-order valence-electron chi connectivity index (χ2n) is 8.91. The van der Waals surface area contributed by atoms with E-state index in [2.05, 4.69) is 15.2 Å². The van der Waals surface area contributed by atoms with E-state index < -0.39 is 0 Å². The second-order valence-corrected chi connectivity index (χ2v) is 8.91. The van der Waals surface area contributed by atoms with Crippen LogP contribution in [-0.4, -0.2) is 65.4 Å². The number of H-pyrrole nitrogens is 1. The maximum atomic E-state index is 14.0. The fourth-order valence-electron chi connectivity index (χ4n) is 4.45. The maximum Gasteiger partial charge on any atom is 0.234 e. The van der Waals surface area contributed by atoms with Gasteiger partial charge in [-0.25, -0.2) is 4.39 Å². The van der Waals surface area contributed by atoms with Gasteiger partial charge in [-0.15, -0.1) is 0 Å². The van der Waals surface area contributed by atoms with Crippen LogP contribution in [0.1, 0.15) is 25.8 Å². The van der Waals surface area contributed by atoms with Crippen LogP contribution in [0.2, 0.25) is 0 Å². The Hall–Kier alpha value is -3.19. The van der Waals surface area contributed by atoms with Crippen LogP contribution in [0.4, 0.5) is 4.39 Å². The third-order valence-electron chi connectivity index (χ3n) is 6.06. The van der Waals surface area contributed by atoms with E-state index in [0.717, 1.165) is 27.7 Å². The van der Waals surface area contributed by atoms with E-state index in [1.165, 1.54) is 6.07 Å². The van der Waals surface area contributed by atoms with Crippen molar-refractivity contribution in [2.24, 2.45) is 0 Å². The van der Waals surface area contributed by atoms with Crippen LogP contribution >= 0.6 is 0 Å². The lowest BCUT2D eigenvalue weighted by Crippen LogP contribution is -2.51. The van der Waals surface area contributed by atoms with Crippen LogP contribution in [0.25, 0.3) is 22.2 Å². The highest BCUT2D eigenvalue weighted by Crippen LogP contribution is 2.32. The number of aromatic amines is 1. The van der Waals surface area contributed by atoms with E-state index in [9.17, 15) is 14.0 Å². The van der Waals surface area contributed by atoms with Crippen molar-refractivity contribution in [2.45, 2.75) is 32.7 Å². The largest absolute Gasteiger partial charge is 0.354 e. The summed E-state index contributed by atoms with van der Waals surface area (Å²) in [5.41, 5.74) is 3.79. The number of nitrogens with one attached hydrogen (secondary N) is 2. The van der Waals surface area contributed by atoms with Gasteiger partial charge in [0.15, 0.2) is 0 Å². The maximum absolute atomic E-state index is 14.0. The summed E-state index contributed by atoms with van der Waals surface area (Å²) in [7, 11) is 0. The molecule has 2 aromatic carbocycles. The number of hydrogen-bond donors (Lipinski definition) is 2. The summed E-state index contributed by atoms with van der Waals surface area (Å²) in [5, 5.41) is 3.73. The highest BCUT2D eigenvalue weighted by Gasteiger charge is 2.23. The van der Waals surface area contributed by atoms with Crippen molar-refractivity contribution in [3.05, 3.63) is 59.9 Å². The van der Waals surface area contributed by atoms with Gasteiger partial charge in [0.1, 0.15) is 5.82 Å². The molecule has 3 aromatic rings. The van der Waals surface area contributed by atoms with Crippen LogP contribution < -0.4 is 5.32 Å². The molecule has 0 aliphatic carbocycles.